The normalized spacial score (nSPS) is 20.4. The Hall–Kier alpha value is -1.02. The topological polar surface area (TPSA) is 72.6 Å². The van der Waals surface area contributed by atoms with Gasteiger partial charge in [0.2, 0.25) is 10.0 Å². The zero-order valence-electron chi connectivity index (χ0n) is 11.4. The quantitative estimate of drug-likeness (QED) is 0.878. The second-order valence-corrected chi connectivity index (χ2v) is 6.85. The molecule has 7 heteroatoms. The average Bonchev–Trinajstić information content (AvgIpc) is 2.89. The molecule has 1 atom stereocenters. The maximum Gasteiger partial charge on any atom is 0.246 e. The van der Waals surface area contributed by atoms with Gasteiger partial charge in [0.15, 0.2) is 0 Å². The summed E-state index contributed by atoms with van der Waals surface area (Å²) >= 11 is 0. The van der Waals surface area contributed by atoms with Gasteiger partial charge in [-0.15, -0.1) is 0 Å². The summed E-state index contributed by atoms with van der Waals surface area (Å²) in [6, 6.07) is 3.96. The van der Waals surface area contributed by atoms with Crippen molar-refractivity contribution in [3.8, 4) is 0 Å². The van der Waals surface area contributed by atoms with E-state index >= 15 is 0 Å². The lowest BCUT2D eigenvalue weighted by Gasteiger charge is -2.17. The summed E-state index contributed by atoms with van der Waals surface area (Å²) in [4.78, 5) is -0.293. The molecule has 2 rings (SSSR count). The van der Waals surface area contributed by atoms with Gasteiger partial charge in [0.25, 0.3) is 0 Å². The van der Waals surface area contributed by atoms with Crippen molar-refractivity contribution in [3.05, 3.63) is 29.6 Å². The van der Waals surface area contributed by atoms with Crippen LogP contribution in [-0.4, -0.2) is 39.5 Å². The van der Waals surface area contributed by atoms with Gasteiger partial charge in [-0.3, -0.25) is 0 Å². The van der Waals surface area contributed by atoms with E-state index in [-0.39, 0.29) is 17.4 Å². The van der Waals surface area contributed by atoms with Crippen LogP contribution in [0.5, 0.6) is 0 Å². The lowest BCUT2D eigenvalue weighted by molar-refractivity contribution is 0.157. The molecule has 1 saturated heterocycles. The fourth-order valence-electron chi connectivity index (χ4n) is 2.40. The van der Waals surface area contributed by atoms with Crippen molar-refractivity contribution in [1.29, 1.82) is 0 Å². The van der Waals surface area contributed by atoms with Crippen molar-refractivity contribution in [3.63, 3.8) is 0 Å². The number of benzene rings is 1. The van der Waals surface area contributed by atoms with Crippen molar-refractivity contribution in [2.75, 3.05) is 26.8 Å². The Bertz CT molecular complexity index is 577. The third-order valence-electron chi connectivity index (χ3n) is 3.50. The van der Waals surface area contributed by atoms with Crippen molar-refractivity contribution in [1.82, 2.24) is 4.31 Å². The smallest absolute Gasteiger partial charge is 0.246 e. The van der Waals surface area contributed by atoms with E-state index in [2.05, 4.69) is 0 Å². The lowest BCUT2D eigenvalue weighted by Crippen LogP contribution is -2.30. The third kappa shape index (κ3) is 3.01. The van der Waals surface area contributed by atoms with Crippen molar-refractivity contribution in [2.24, 2.45) is 11.7 Å². The van der Waals surface area contributed by atoms with E-state index in [0.29, 0.717) is 25.3 Å². The van der Waals surface area contributed by atoms with Crippen molar-refractivity contribution in [2.45, 2.75) is 17.9 Å². The molecule has 0 spiro atoms. The van der Waals surface area contributed by atoms with Gasteiger partial charge in [-0.1, -0.05) is 6.07 Å². The number of hydrogen-bond acceptors (Lipinski definition) is 4. The Labute approximate surface area is 118 Å². The summed E-state index contributed by atoms with van der Waals surface area (Å²) in [6.45, 7) is 1.44. The molecule has 1 aliphatic rings. The molecule has 0 aromatic heterocycles. The van der Waals surface area contributed by atoms with E-state index in [1.807, 2.05) is 0 Å². The molecular weight excluding hydrogens is 283 g/mol. The standard InChI is InChI=1S/C13H19FN2O3S/c1-19-9-11-4-5-16(8-11)20(17,18)13-6-10(7-15)2-3-12(13)14/h2-3,6,11H,4-5,7-9,15H2,1H3. The van der Waals surface area contributed by atoms with Crippen LogP contribution < -0.4 is 5.73 Å². The number of sulfonamides is 1. The molecule has 1 unspecified atom stereocenters. The predicted molar refractivity (Wildman–Crippen MR) is 73.0 cm³/mol. The average molecular weight is 302 g/mol. The summed E-state index contributed by atoms with van der Waals surface area (Å²) < 4.78 is 45.1. The maximum absolute atomic E-state index is 13.8. The number of ether oxygens (including phenoxy) is 1. The molecule has 1 fully saturated rings. The van der Waals surface area contributed by atoms with E-state index in [9.17, 15) is 12.8 Å². The highest BCUT2D eigenvalue weighted by Crippen LogP contribution is 2.26. The minimum atomic E-state index is -3.81. The van der Waals surface area contributed by atoms with E-state index in [1.165, 1.54) is 16.4 Å². The van der Waals surface area contributed by atoms with Crippen molar-refractivity contribution >= 4 is 10.0 Å². The summed E-state index contributed by atoms with van der Waals surface area (Å²) in [5, 5.41) is 0. The number of halogens is 1. The number of methoxy groups -OCH3 is 1. The second kappa shape index (κ2) is 6.17. The van der Waals surface area contributed by atoms with Gasteiger partial charge in [-0.2, -0.15) is 4.31 Å². The number of hydrogen-bond donors (Lipinski definition) is 1. The van der Waals surface area contributed by atoms with Gasteiger partial charge in [-0.25, -0.2) is 12.8 Å². The van der Waals surface area contributed by atoms with Crippen molar-refractivity contribution < 1.29 is 17.5 Å². The van der Waals surface area contributed by atoms with Gasteiger partial charge in [-0.05, 0) is 30.0 Å². The Balaban J connectivity index is 2.27. The summed E-state index contributed by atoms with van der Waals surface area (Å²) in [5.41, 5.74) is 6.07. The molecule has 0 saturated carbocycles. The van der Waals surface area contributed by atoms with E-state index in [0.717, 1.165) is 12.5 Å². The monoisotopic (exact) mass is 302 g/mol. The Morgan fingerprint density at radius 2 is 2.25 bits per heavy atom. The Morgan fingerprint density at radius 3 is 2.90 bits per heavy atom. The molecule has 1 aromatic rings. The summed E-state index contributed by atoms with van der Waals surface area (Å²) in [7, 11) is -2.22. The van der Waals surface area contributed by atoms with Gasteiger partial charge in [0, 0.05) is 26.7 Å². The highest BCUT2D eigenvalue weighted by atomic mass is 32.2. The fourth-order valence-corrected chi connectivity index (χ4v) is 4.04. The molecule has 0 amide bonds. The van der Waals surface area contributed by atoms with Crippen LogP contribution in [0.15, 0.2) is 23.1 Å². The third-order valence-corrected chi connectivity index (χ3v) is 5.38. The molecule has 1 heterocycles. The van der Waals surface area contributed by atoms with Crippen LogP contribution in [0, 0.1) is 11.7 Å². The Morgan fingerprint density at radius 1 is 1.50 bits per heavy atom. The van der Waals surface area contributed by atoms with E-state index in [4.69, 9.17) is 10.5 Å². The highest BCUT2D eigenvalue weighted by molar-refractivity contribution is 7.89. The molecule has 20 heavy (non-hydrogen) atoms. The van der Waals surface area contributed by atoms with Crippen LogP contribution >= 0.6 is 0 Å². The molecule has 1 aromatic carbocycles. The SMILES string of the molecule is COCC1CCN(S(=O)(=O)c2cc(CN)ccc2F)C1. The number of nitrogens with zero attached hydrogens (tertiary/aromatic N) is 1. The summed E-state index contributed by atoms with van der Waals surface area (Å²) in [6.07, 6.45) is 0.727. The van der Waals surface area contributed by atoms with Gasteiger partial charge in [0.1, 0.15) is 10.7 Å². The van der Waals surface area contributed by atoms with Gasteiger partial charge in [0.05, 0.1) is 6.61 Å². The zero-order valence-corrected chi connectivity index (χ0v) is 12.2. The van der Waals surface area contributed by atoms with Gasteiger partial charge >= 0.3 is 0 Å². The highest BCUT2D eigenvalue weighted by Gasteiger charge is 2.34. The zero-order chi connectivity index (χ0) is 14.8. The maximum atomic E-state index is 13.8. The second-order valence-electron chi connectivity index (χ2n) is 4.94. The molecular formula is C13H19FN2O3S. The first-order valence-corrected chi connectivity index (χ1v) is 7.90. The molecule has 2 N–H and O–H groups in total. The molecule has 0 aliphatic carbocycles. The van der Waals surface area contributed by atoms with E-state index in [1.54, 1.807) is 7.11 Å². The van der Waals surface area contributed by atoms with Crippen LogP contribution in [-0.2, 0) is 21.3 Å². The van der Waals surface area contributed by atoms with E-state index < -0.39 is 15.8 Å². The van der Waals surface area contributed by atoms with Crippen LogP contribution in [0.4, 0.5) is 4.39 Å². The summed E-state index contributed by atoms with van der Waals surface area (Å²) in [5.74, 6) is -0.576. The first-order valence-electron chi connectivity index (χ1n) is 6.46. The fraction of sp³-hybridized carbons (Fsp3) is 0.538. The molecule has 1 aliphatic heterocycles. The predicted octanol–water partition coefficient (Wildman–Crippen LogP) is 0.941. The lowest BCUT2D eigenvalue weighted by atomic mass is 10.1. The molecule has 5 nitrogen and oxygen atoms in total. The first-order chi connectivity index (χ1) is 9.48. The van der Waals surface area contributed by atoms with Crippen LogP contribution in [0.25, 0.3) is 0 Å². The molecule has 0 bridgehead atoms. The van der Waals surface area contributed by atoms with Crippen LogP contribution in [0.1, 0.15) is 12.0 Å². The van der Waals surface area contributed by atoms with Crippen LogP contribution in [0.3, 0.4) is 0 Å². The largest absolute Gasteiger partial charge is 0.384 e. The minimum absolute atomic E-state index is 0.163. The number of nitrogens with two attached hydrogens (primary N) is 1. The minimum Gasteiger partial charge on any atom is -0.384 e. The molecule has 112 valence electrons. The number of rotatable bonds is 5. The molecule has 0 radical (unpaired) electrons. The first kappa shape index (κ1) is 15.4. The van der Waals surface area contributed by atoms with Crippen LogP contribution in [0.2, 0.25) is 0 Å². The van der Waals surface area contributed by atoms with Gasteiger partial charge < -0.3 is 10.5 Å². The Kier molecular flexibility index (Phi) is 4.74.